The van der Waals surface area contributed by atoms with Gasteiger partial charge in [0.15, 0.2) is 0 Å². The minimum absolute atomic E-state index is 0.156. The van der Waals surface area contributed by atoms with Gasteiger partial charge in [-0.05, 0) is 41.3 Å². The fourth-order valence-corrected chi connectivity index (χ4v) is 2.60. The summed E-state index contributed by atoms with van der Waals surface area (Å²) in [6, 6.07) is 13.1. The van der Waals surface area contributed by atoms with E-state index in [9.17, 15) is 4.39 Å². The van der Waals surface area contributed by atoms with Crippen LogP contribution in [0.4, 0.5) is 4.39 Å². The van der Waals surface area contributed by atoms with Crippen molar-refractivity contribution in [3.8, 4) is 0 Å². The van der Waals surface area contributed by atoms with Crippen LogP contribution in [0.15, 0.2) is 53.1 Å². The van der Waals surface area contributed by atoms with E-state index in [0.29, 0.717) is 6.54 Å². The van der Waals surface area contributed by atoms with Crippen molar-refractivity contribution < 1.29 is 4.39 Å². The van der Waals surface area contributed by atoms with Crippen LogP contribution in [0, 0.1) is 5.82 Å². The van der Waals surface area contributed by atoms with Crippen molar-refractivity contribution in [3.63, 3.8) is 0 Å². The average molecular weight is 339 g/mol. The summed E-state index contributed by atoms with van der Waals surface area (Å²) < 4.78 is 16.6. The predicted octanol–water partition coefficient (Wildman–Crippen LogP) is 5.24. The standard InChI is InChI=1S/C15H10BrClFN/c16-12-3-2-11-5-6-19(15(11)8-12)9-10-1-4-13(17)14(18)7-10/h1-8H,9H2. The van der Waals surface area contributed by atoms with Gasteiger partial charge < -0.3 is 4.57 Å². The number of hydrogen-bond acceptors (Lipinski definition) is 0. The summed E-state index contributed by atoms with van der Waals surface area (Å²) >= 11 is 9.16. The lowest BCUT2D eigenvalue weighted by Crippen LogP contribution is -1.98. The second-order valence-electron chi connectivity index (χ2n) is 4.40. The molecule has 96 valence electrons. The first-order valence-electron chi connectivity index (χ1n) is 5.82. The normalized spacial score (nSPS) is 11.1. The van der Waals surface area contributed by atoms with Crippen molar-refractivity contribution in [1.82, 2.24) is 4.57 Å². The van der Waals surface area contributed by atoms with Gasteiger partial charge in [-0.25, -0.2) is 4.39 Å². The number of fused-ring (bicyclic) bond motifs is 1. The minimum Gasteiger partial charge on any atom is -0.343 e. The Morgan fingerprint density at radius 1 is 1.11 bits per heavy atom. The molecule has 0 aliphatic heterocycles. The van der Waals surface area contributed by atoms with Gasteiger partial charge in [-0.3, -0.25) is 0 Å². The van der Waals surface area contributed by atoms with E-state index < -0.39 is 0 Å². The van der Waals surface area contributed by atoms with E-state index in [2.05, 4.69) is 32.6 Å². The molecule has 1 nitrogen and oxygen atoms in total. The topological polar surface area (TPSA) is 4.93 Å². The molecule has 0 bridgehead atoms. The van der Waals surface area contributed by atoms with Gasteiger partial charge in [0.1, 0.15) is 5.82 Å². The first-order valence-corrected chi connectivity index (χ1v) is 6.99. The summed E-state index contributed by atoms with van der Waals surface area (Å²) in [6.45, 7) is 0.619. The van der Waals surface area contributed by atoms with Crippen LogP contribution in [0.2, 0.25) is 5.02 Å². The summed E-state index contributed by atoms with van der Waals surface area (Å²) in [4.78, 5) is 0. The lowest BCUT2D eigenvalue weighted by molar-refractivity contribution is 0.624. The third-order valence-electron chi connectivity index (χ3n) is 3.07. The van der Waals surface area contributed by atoms with E-state index in [1.165, 1.54) is 6.07 Å². The van der Waals surface area contributed by atoms with Crippen LogP contribution < -0.4 is 0 Å². The lowest BCUT2D eigenvalue weighted by atomic mass is 10.2. The summed E-state index contributed by atoms with van der Waals surface area (Å²) in [5, 5.41) is 1.32. The number of hydrogen-bond donors (Lipinski definition) is 0. The van der Waals surface area contributed by atoms with Crippen LogP contribution >= 0.6 is 27.5 Å². The van der Waals surface area contributed by atoms with E-state index in [1.54, 1.807) is 6.07 Å². The average Bonchev–Trinajstić information content (AvgIpc) is 2.77. The molecule has 19 heavy (non-hydrogen) atoms. The van der Waals surface area contributed by atoms with E-state index in [0.717, 1.165) is 20.9 Å². The highest BCUT2D eigenvalue weighted by Crippen LogP contribution is 2.23. The van der Waals surface area contributed by atoms with Crippen LogP contribution in [-0.2, 0) is 6.54 Å². The Morgan fingerprint density at radius 2 is 1.95 bits per heavy atom. The van der Waals surface area contributed by atoms with Gasteiger partial charge in [0, 0.05) is 22.7 Å². The molecule has 0 atom stereocenters. The maximum Gasteiger partial charge on any atom is 0.142 e. The van der Waals surface area contributed by atoms with E-state index in [-0.39, 0.29) is 10.8 Å². The van der Waals surface area contributed by atoms with Crippen LogP contribution in [0.25, 0.3) is 10.9 Å². The molecule has 0 spiro atoms. The van der Waals surface area contributed by atoms with Gasteiger partial charge in [0.2, 0.25) is 0 Å². The molecule has 1 heterocycles. The second kappa shape index (κ2) is 4.99. The van der Waals surface area contributed by atoms with Crippen molar-refractivity contribution in [2.75, 3.05) is 0 Å². The molecule has 0 aliphatic carbocycles. The number of aromatic nitrogens is 1. The Kier molecular flexibility index (Phi) is 3.33. The molecule has 0 saturated carbocycles. The van der Waals surface area contributed by atoms with Gasteiger partial charge in [-0.15, -0.1) is 0 Å². The van der Waals surface area contributed by atoms with Gasteiger partial charge in [0.25, 0.3) is 0 Å². The first kappa shape index (κ1) is 12.7. The number of benzene rings is 2. The van der Waals surface area contributed by atoms with E-state index >= 15 is 0 Å². The maximum absolute atomic E-state index is 13.4. The Morgan fingerprint density at radius 3 is 2.74 bits per heavy atom. The summed E-state index contributed by atoms with van der Waals surface area (Å²) in [5.74, 6) is -0.378. The Bertz CT molecular complexity index is 751. The Labute approximate surface area is 123 Å². The highest BCUT2D eigenvalue weighted by atomic mass is 79.9. The van der Waals surface area contributed by atoms with Crippen molar-refractivity contribution in [2.45, 2.75) is 6.54 Å². The Balaban J connectivity index is 2.00. The van der Waals surface area contributed by atoms with Crippen molar-refractivity contribution in [1.29, 1.82) is 0 Å². The lowest BCUT2D eigenvalue weighted by Gasteiger charge is -2.07. The SMILES string of the molecule is Fc1cc(Cn2ccc3ccc(Br)cc32)ccc1Cl. The summed E-state index contributed by atoms with van der Waals surface area (Å²) in [5.41, 5.74) is 2.00. The zero-order chi connectivity index (χ0) is 13.4. The number of rotatable bonds is 2. The smallest absolute Gasteiger partial charge is 0.142 e. The first-order chi connectivity index (χ1) is 9.13. The third kappa shape index (κ3) is 2.53. The van der Waals surface area contributed by atoms with Gasteiger partial charge >= 0.3 is 0 Å². The molecule has 0 fully saturated rings. The zero-order valence-corrected chi connectivity index (χ0v) is 12.2. The highest BCUT2D eigenvalue weighted by Gasteiger charge is 2.05. The zero-order valence-electron chi connectivity index (χ0n) is 9.91. The molecule has 0 aliphatic rings. The molecule has 0 saturated heterocycles. The van der Waals surface area contributed by atoms with Crippen molar-refractivity contribution in [2.24, 2.45) is 0 Å². The van der Waals surface area contributed by atoms with Gasteiger partial charge in [0.05, 0.1) is 5.02 Å². The molecule has 4 heteroatoms. The number of nitrogens with zero attached hydrogens (tertiary/aromatic N) is 1. The fourth-order valence-electron chi connectivity index (χ4n) is 2.13. The molecule has 3 rings (SSSR count). The molecular formula is C15H10BrClFN. The molecule has 0 radical (unpaired) electrons. The van der Waals surface area contributed by atoms with Crippen LogP contribution in [-0.4, -0.2) is 4.57 Å². The third-order valence-corrected chi connectivity index (χ3v) is 3.87. The van der Waals surface area contributed by atoms with Crippen LogP contribution in [0.1, 0.15) is 5.56 Å². The Hall–Kier alpha value is -1.32. The molecule has 2 aromatic carbocycles. The maximum atomic E-state index is 13.4. The quantitative estimate of drug-likeness (QED) is 0.602. The highest BCUT2D eigenvalue weighted by molar-refractivity contribution is 9.10. The molecule has 3 aromatic rings. The number of halogens is 3. The van der Waals surface area contributed by atoms with Crippen LogP contribution in [0.5, 0.6) is 0 Å². The van der Waals surface area contributed by atoms with Crippen LogP contribution in [0.3, 0.4) is 0 Å². The monoisotopic (exact) mass is 337 g/mol. The molecule has 0 unspecified atom stereocenters. The largest absolute Gasteiger partial charge is 0.343 e. The molecule has 0 N–H and O–H groups in total. The summed E-state index contributed by atoms with van der Waals surface area (Å²) in [6.07, 6.45) is 2.00. The van der Waals surface area contributed by atoms with E-state index in [1.807, 2.05) is 24.4 Å². The van der Waals surface area contributed by atoms with E-state index in [4.69, 9.17) is 11.6 Å². The second-order valence-corrected chi connectivity index (χ2v) is 5.72. The summed E-state index contributed by atoms with van der Waals surface area (Å²) in [7, 11) is 0. The van der Waals surface area contributed by atoms with Crippen molar-refractivity contribution >= 4 is 38.4 Å². The fraction of sp³-hybridized carbons (Fsp3) is 0.0667. The molecule has 0 amide bonds. The van der Waals surface area contributed by atoms with Gasteiger partial charge in [-0.2, -0.15) is 0 Å². The predicted molar refractivity (Wildman–Crippen MR) is 80.2 cm³/mol. The van der Waals surface area contributed by atoms with Crippen molar-refractivity contribution in [3.05, 3.63) is 69.5 Å². The molecule has 1 aromatic heterocycles. The molecular weight excluding hydrogens is 329 g/mol. The minimum atomic E-state index is -0.378. The van der Waals surface area contributed by atoms with Gasteiger partial charge in [-0.1, -0.05) is 39.7 Å².